The molecule has 1 aromatic rings. The number of hydrogen-bond acceptors (Lipinski definition) is 4. The van der Waals surface area contributed by atoms with Crippen molar-refractivity contribution in [1.29, 1.82) is 0 Å². The number of carbonyl (C=O) groups is 1. The molecule has 1 fully saturated rings. The lowest BCUT2D eigenvalue weighted by molar-refractivity contribution is -0.121. The van der Waals surface area contributed by atoms with Crippen molar-refractivity contribution in [2.75, 3.05) is 13.1 Å². The number of rotatable bonds is 6. The Morgan fingerprint density at radius 2 is 2.33 bits per heavy atom. The first-order valence-corrected chi connectivity index (χ1v) is 8.03. The molecule has 0 aromatic carbocycles. The Labute approximate surface area is 126 Å². The van der Waals surface area contributed by atoms with Crippen molar-refractivity contribution >= 4 is 5.91 Å². The van der Waals surface area contributed by atoms with Gasteiger partial charge >= 0.3 is 0 Å². The third-order valence-electron chi connectivity index (χ3n) is 4.16. The maximum atomic E-state index is 12.0. The van der Waals surface area contributed by atoms with Crippen molar-refractivity contribution in [2.45, 2.75) is 64.5 Å². The largest absolute Gasteiger partial charge is 0.353 e. The van der Waals surface area contributed by atoms with Gasteiger partial charge in [-0.25, -0.2) is 0 Å². The highest BCUT2D eigenvalue weighted by Crippen LogP contribution is 2.13. The average Bonchev–Trinajstić information content (AvgIpc) is 2.84. The zero-order chi connectivity index (χ0) is 15.1. The van der Waals surface area contributed by atoms with Crippen molar-refractivity contribution in [3.05, 3.63) is 11.9 Å². The maximum Gasteiger partial charge on any atom is 0.220 e. The van der Waals surface area contributed by atoms with Crippen molar-refractivity contribution in [1.82, 2.24) is 25.6 Å². The molecule has 2 heterocycles. The van der Waals surface area contributed by atoms with E-state index in [2.05, 4.69) is 39.5 Å². The highest BCUT2D eigenvalue weighted by molar-refractivity contribution is 5.76. The first-order chi connectivity index (χ1) is 10.1. The fourth-order valence-corrected chi connectivity index (χ4v) is 2.86. The second kappa shape index (κ2) is 8.12. The fraction of sp³-hybridized carbons (Fsp3) is 0.800. The number of aryl methyl sites for hydroxylation is 1. The Morgan fingerprint density at radius 1 is 1.48 bits per heavy atom. The van der Waals surface area contributed by atoms with E-state index in [1.165, 1.54) is 6.42 Å². The molecular weight excluding hydrogens is 266 g/mol. The second-order valence-electron chi connectivity index (χ2n) is 6.14. The first-order valence-electron chi connectivity index (χ1n) is 8.03. The molecule has 118 valence electrons. The van der Waals surface area contributed by atoms with E-state index in [0.717, 1.165) is 44.5 Å². The Hall–Kier alpha value is -1.43. The van der Waals surface area contributed by atoms with Crippen LogP contribution >= 0.6 is 0 Å². The summed E-state index contributed by atoms with van der Waals surface area (Å²) in [6.45, 7) is 6.71. The minimum atomic E-state index is 0.168. The Bertz CT molecular complexity index is 418. The van der Waals surface area contributed by atoms with Crippen LogP contribution in [0.2, 0.25) is 0 Å². The van der Waals surface area contributed by atoms with Crippen LogP contribution < -0.4 is 5.32 Å². The summed E-state index contributed by atoms with van der Waals surface area (Å²) in [7, 11) is 0. The van der Waals surface area contributed by atoms with E-state index in [4.69, 9.17) is 0 Å². The van der Waals surface area contributed by atoms with E-state index < -0.39 is 0 Å². The molecule has 2 N–H and O–H groups in total. The predicted molar refractivity (Wildman–Crippen MR) is 81.8 cm³/mol. The summed E-state index contributed by atoms with van der Waals surface area (Å²) in [4.78, 5) is 14.5. The molecule has 0 aliphatic carbocycles. The monoisotopic (exact) mass is 293 g/mol. The van der Waals surface area contributed by atoms with E-state index in [1.54, 1.807) is 6.20 Å². The van der Waals surface area contributed by atoms with Gasteiger partial charge in [0, 0.05) is 25.0 Å². The van der Waals surface area contributed by atoms with Crippen LogP contribution in [0.25, 0.3) is 0 Å². The van der Waals surface area contributed by atoms with Crippen molar-refractivity contribution in [2.24, 2.45) is 0 Å². The van der Waals surface area contributed by atoms with Gasteiger partial charge in [-0.2, -0.15) is 15.4 Å². The van der Waals surface area contributed by atoms with Gasteiger partial charge in [0.05, 0.1) is 11.9 Å². The standard InChI is InChI=1S/C15H27N5O/c1-12(2)20-9-4-6-13(8-10-20)17-15(21)7-3-5-14-11-16-19-18-14/h11-13H,3-10H2,1-2H3,(H,17,21)(H,16,18,19). The van der Waals surface area contributed by atoms with E-state index in [1.807, 2.05) is 0 Å². The number of likely N-dealkylation sites (tertiary alicyclic amines) is 1. The molecule has 1 saturated heterocycles. The van der Waals surface area contributed by atoms with Crippen LogP contribution in [0.1, 0.15) is 51.6 Å². The van der Waals surface area contributed by atoms with E-state index >= 15 is 0 Å². The second-order valence-corrected chi connectivity index (χ2v) is 6.14. The van der Waals surface area contributed by atoms with Crippen LogP contribution in [0, 0.1) is 0 Å². The van der Waals surface area contributed by atoms with Crippen LogP contribution in [0.5, 0.6) is 0 Å². The van der Waals surface area contributed by atoms with E-state index in [-0.39, 0.29) is 5.91 Å². The maximum absolute atomic E-state index is 12.0. The predicted octanol–water partition coefficient (Wildman–Crippen LogP) is 1.51. The topological polar surface area (TPSA) is 73.9 Å². The zero-order valence-corrected chi connectivity index (χ0v) is 13.1. The Kier molecular flexibility index (Phi) is 6.17. The molecule has 2 rings (SSSR count). The van der Waals surface area contributed by atoms with Crippen LogP contribution in [-0.2, 0) is 11.2 Å². The molecule has 1 aliphatic heterocycles. The number of H-pyrrole nitrogens is 1. The van der Waals surface area contributed by atoms with Gasteiger partial charge in [0.15, 0.2) is 0 Å². The number of aromatic nitrogens is 3. The lowest BCUT2D eigenvalue weighted by Crippen LogP contribution is -2.36. The summed E-state index contributed by atoms with van der Waals surface area (Å²) >= 11 is 0. The third kappa shape index (κ3) is 5.46. The first kappa shape index (κ1) is 15.9. The van der Waals surface area contributed by atoms with Crippen LogP contribution in [0.15, 0.2) is 6.20 Å². The average molecular weight is 293 g/mol. The molecule has 0 radical (unpaired) electrons. The summed E-state index contributed by atoms with van der Waals surface area (Å²) in [5.74, 6) is 0.168. The number of aromatic amines is 1. The molecule has 1 atom stereocenters. The van der Waals surface area contributed by atoms with E-state index in [9.17, 15) is 4.79 Å². The van der Waals surface area contributed by atoms with Crippen LogP contribution in [0.3, 0.4) is 0 Å². The number of hydrogen-bond donors (Lipinski definition) is 2. The van der Waals surface area contributed by atoms with Gasteiger partial charge in [0.1, 0.15) is 0 Å². The van der Waals surface area contributed by atoms with Crippen molar-refractivity contribution < 1.29 is 4.79 Å². The molecular formula is C15H27N5O. The molecule has 1 amide bonds. The summed E-state index contributed by atoms with van der Waals surface area (Å²) < 4.78 is 0. The fourth-order valence-electron chi connectivity index (χ4n) is 2.86. The van der Waals surface area contributed by atoms with Crippen LogP contribution in [-0.4, -0.2) is 51.4 Å². The van der Waals surface area contributed by atoms with Gasteiger partial charge in [-0.15, -0.1) is 0 Å². The number of nitrogens with one attached hydrogen (secondary N) is 2. The summed E-state index contributed by atoms with van der Waals surface area (Å²) in [5.41, 5.74) is 0.921. The van der Waals surface area contributed by atoms with Gasteiger partial charge < -0.3 is 10.2 Å². The molecule has 1 unspecified atom stereocenters. The molecule has 0 saturated carbocycles. The molecule has 0 spiro atoms. The molecule has 21 heavy (non-hydrogen) atoms. The Morgan fingerprint density at radius 3 is 3.05 bits per heavy atom. The summed E-state index contributed by atoms with van der Waals surface area (Å²) in [6.07, 6.45) is 7.23. The third-order valence-corrected chi connectivity index (χ3v) is 4.16. The summed E-state index contributed by atoms with van der Waals surface area (Å²) in [5, 5.41) is 13.5. The summed E-state index contributed by atoms with van der Waals surface area (Å²) in [6, 6.07) is 0.940. The minimum absolute atomic E-state index is 0.168. The lowest BCUT2D eigenvalue weighted by atomic mass is 10.1. The number of nitrogens with zero attached hydrogens (tertiary/aromatic N) is 3. The smallest absolute Gasteiger partial charge is 0.220 e. The van der Waals surface area contributed by atoms with Crippen molar-refractivity contribution in [3.63, 3.8) is 0 Å². The van der Waals surface area contributed by atoms with Crippen molar-refractivity contribution in [3.8, 4) is 0 Å². The van der Waals surface area contributed by atoms with Gasteiger partial charge in [-0.1, -0.05) is 0 Å². The Balaban J connectivity index is 1.65. The van der Waals surface area contributed by atoms with Gasteiger partial charge in [-0.05, 0) is 52.5 Å². The molecule has 6 heteroatoms. The molecule has 0 bridgehead atoms. The van der Waals surface area contributed by atoms with Gasteiger partial charge in [0.2, 0.25) is 5.91 Å². The van der Waals surface area contributed by atoms with E-state index in [0.29, 0.717) is 18.5 Å². The quantitative estimate of drug-likeness (QED) is 0.833. The molecule has 6 nitrogen and oxygen atoms in total. The van der Waals surface area contributed by atoms with Gasteiger partial charge in [0.25, 0.3) is 0 Å². The lowest BCUT2D eigenvalue weighted by Gasteiger charge is -2.24. The van der Waals surface area contributed by atoms with Crippen LogP contribution in [0.4, 0.5) is 0 Å². The zero-order valence-electron chi connectivity index (χ0n) is 13.1. The highest BCUT2D eigenvalue weighted by Gasteiger charge is 2.19. The molecule has 1 aliphatic rings. The number of carbonyl (C=O) groups excluding carboxylic acids is 1. The normalized spacial score (nSPS) is 20.4. The highest BCUT2D eigenvalue weighted by atomic mass is 16.1. The van der Waals surface area contributed by atoms with Gasteiger partial charge in [-0.3, -0.25) is 4.79 Å². The number of amides is 1. The molecule has 1 aromatic heterocycles. The minimum Gasteiger partial charge on any atom is -0.353 e. The SMILES string of the molecule is CC(C)N1CCCC(NC(=O)CCCc2cn[nH]n2)CC1.